The van der Waals surface area contributed by atoms with Gasteiger partial charge in [0.2, 0.25) is 0 Å². The number of amides is 1. The number of unbranched alkanes of at least 4 members (excludes halogenated alkanes) is 1. The number of aryl methyl sites for hydroxylation is 2. The smallest absolute Gasteiger partial charge is 0.273 e. The predicted molar refractivity (Wildman–Crippen MR) is 155 cm³/mol. The van der Waals surface area contributed by atoms with E-state index in [1.54, 1.807) is 43.1 Å². The highest BCUT2D eigenvalue weighted by Crippen LogP contribution is 2.50. The molecule has 0 saturated heterocycles. The summed E-state index contributed by atoms with van der Waals surface area (Å²) in [5.74, 6) is -0.0153. The van der Waals surface area contributed by atoms with Gasteiger partial charge in [0.1, 0.15) is 11.4 Å². The van der Waals surface area contributed by atoms with E-state index in [0.29, 0.717) is 36.7 Å². The third-order valence-corrected chi connectivity index (χ3v) is 7.81. The van der Waals surface area contributed by atoms with Crippen LogP contribution in [0.1, 0.15) is 83.8 Å². The number of hydrogen-bond acceptors (Lipinski definition) is 7. The topological polar surface area (TPSA) is 119 Å². The van der Waals surface area contributed by atoms with Gasteiger partial charge in [0, 0.05) is 36.8 Å². The second kappa shape index (κ2) is 11.5. The Bertz CT molecular complexity index is 1640. The molecule has 0 aliphatic heterocycles. The van der Waals surface area contributed by atoms with Gasteiger partial charge in [-0.1, -0.05) is 29.5 Å². The fraction of sp³-hybridized carbons (Fsp3) is 0.375. The summed E-state index contributed by atoms with van der Waals surface area (Å²) in [5, 5.41) is 30.0. The zero-order chi connectivity index (χ0) is 29.3. The summed E-state index contributed by atoms with van der Waals surface area (Å²) in [6.45, 7) is 4.28. The van der Waals surface area contributed by atoms with Crippen LogP contribution in [0, 0.1) is 11.7 Å². The molecule has 0 atom stereocenters. The second-order valence-electron chi connectivity index (χ2n) is 11.6. The first-order chi connectivity index (χ1) is 20.3. The molecule has 2 aliphatic carbocycles. The van der Waals surface area contributed by atoms with Crippen LogP contribution in [0.2, 0.25) is 0 Å². The van der Waals surface area contributed by atoms with Gasteiger partial charge >= 0.3 is 0 Å². The van der Waals surface area contributed by atoms with E-state index in [1.807, 2.05) is 18.2 Å². The van der Waals surface area contributed by atoms with Crippen LogP contribution in [-0.2, 0) is 31.5 Å². The number of benzene rings is 1. The van der Waals surface area contributed by atoms with E-state index in [2.05, 4.69) is 36.9 Å². The van der Waals surface area contributed by atoms with Gasteiger partial charge in [-0.3, -0.25) is 14.5 Å². The zero-order valence-electron chi connectivity index (χ0n) is 23.8. The lowest BCUT2D eigenvalue weighted by atomic mass is 9.96. The summed E-state index contributed by atoms with van der Waals surface area (Å²) in [7, 11) is 0. The van der Waals surface area contributed by atoms with Crippen molar-refractivity contribution < 1.29 is 14.3 Å². The van der Waals surface area contributed by atoms with Crippen molar-refractivity contribution in [2.24, 2.45) is 5.92 Å². The maximum atomic E-state index is 14.6. The van der Waals surface area contributed by atoms with E-state index in [4.69, 9.17) is 0 Å². The Hall–Kier alpha value is -4.31. The lowest BCUT2D eigenvalue weighted by Gasteiger charge is -2.16. The van der Waals surface area contributed by atoms with Crippen molar-refractivity contribution in [1.29, 1.82) is 0 Å². The Labute approximate surface area is 243 Å². The summed E-state index contributed by atoms with van der Waals surface area (Å²) in [5.41, 5.74) is 6.63. The van der Waals surface area contributed by atoms with E-state index >= 15 is 0 Å². The van der Waals surface area contributed by atoms with Crippen molar-refractivity contribution in [3.05, 3.63) is 100 Å². The maximum absolute atomic E-state index is 14.6. The third-order valence-electron chi connectivity index (χ3n) is 7.81. The van der Waals surface area contributed by atoms with Gasteiger partial charge in [-0.15, -0.1) is 5.10 Å². The number of pyridine rings is 1. The number of allylic oxidation sites excluding steroid dienone is 2. The molecule has 1 saturated carbocycles. The van der Waals surface area contributed by atoms with E-state index < -0.39 is 5.60 Å². The molecule has 0 unspecified atom stereocenters. The number of carbonyl (C=O) groups excluding carboxylic acids is 1. The van der Waals surface area contributed by atoms with Gasteiger partial charge in [0.15, 0.2) is 5.69 Å². The Morgan fingerprint density at radius 2 is 1.93 bits per heavy atom. The lowest BCUT2D eigenvalue weighted by Crippen LogP contribution is -2.23. The van der Waals surface area contributed by atoms with E-state index in [1.165, 1.54) is 11.6 Å². The van der Waals surface area contributed by atoms with E-state index in [-0.39, 0.29) is 17.4 Å². The van der Waals surface area contributed by atoms with Gasteiger partial charge in [-0.2, -0.15) is 10.2 Å². The van der Waals surface area contributed by atoms with Crippen LogP contribution < -0.4 is 5.32 Å². The Morgan fingerprint density at radius 3 is 2.67 bits per heavy atom. The van der Waals surface area contributed by atoms with Crippen LogP contribution in [0.4, 0.5) is 4.39 Å². The molecule has 216 valence electrons. The first kappa shape index (κ1) is 27.8. The van der Waals surface area contributed by atoms with Gasteiger partial charge < -0.3 is 10.4 Å². The average Bonchev–Trinajstić information content (AvgIpc) is 3.57. The molecule has 3 heterocycles. The molecule has 42 heavy (non-hydrogen) atoms. The molecule has 1 fully saturated rings. The van der Waals surface area contributed by atoms with Crippen molar-refractivity contribution in [2.75, 3.05) is 0 Å². The fourth-order valence-electron chi connectivity index (χ4n) is 5.41. The van der Waals surface area contributed by atoms with Crippen molar-refractivity contribution in [1.82, 2.24) is 35.5 Å². The second-order valence-corrected chi connectivity index (χ2v) is 11.6. The molecule has 1 amide bonds. The van der Waals surface area contributed by atoms with Crippen molar-refractivity contribution >= 4 is 17.1 Å². The first-order valence-corrected chi connectivity index (χ1v) is 14.5. The highest BCUT2D eigenvalue weighted by atomic mass is 19.1. The lowest BCUT2D eigenvalue weighted by molar-refractivity contribution is 0.0737. The monoisotopic (exact) mass is 567 g/mol. The van der Waals surface area contributed by atoms with Crippen LogP contribution in [0.25, 0.3) is 11.1 Å². The Morgan fingerprint density at radius 1 is 1.10 bits per heavy atom. The number of rotatable bonds is 11. The highest BCUT2D eigenvalue weighted by molar-refractivity contribution is 5.98. The molecule has 2 aliphatic rings. The molecule has 9 nitrogen and oxygen atoms in total. The molecule has 0 spiro atoms. The van der Waals surface area contributed by atoms with Crippen LogP contribution in [0.3, 0.4) is 0 Å². The van der Waals surface area contributed by atoms with Crippen LogP contribution in [-0.4, -0.2) is 41.2 Å². The molecule has 2 N–H and O–H groups in total. The van der Waals surface area contributed by atoms with Gasteiger partial charge in [0.25, 0.3) is 5.91 Å². The summed E-state index contributed by atoms with van der Waals surface area (Å²) < 4.78 is 16.3. The highest BCUT2D eigenvalue weighted by Gasteiger charge is 2.36. The number of halogens is 1. The number of aromatic nitrogens is 6. The van der Waals surface area contributed by atoms with E-state index in [0.717, 1.165) is 60.2 Å². The number of hydrogen-bond donors (Lipinski definition) is 2. The molecular formula is C32H34FN7O2. The Balaban J connectivity index is 1.01. The first-order valence-electron chi connectivity index (χ1n) is 14.5. The third kappa shape index (κ3) is 6.13. The van der Waals surface area contributed by atoms with Crippen molar-refractivity contribution in [3.8, 4) is 0 Å². The normalized spacial score (nSPS) is 14.8. The Kier molecular flexibility index (Phi) is 7.64. The van der Waals surface area contributed by atoms with Crippen molar-refractivity contribution in [3.63, 3.8) is 0 Å². The van der Waals surface area contributed by atoms with Crippen LogP contribution in [0.15, 0.2) is 54.9 Å². The van der Waals surface area contributed by atoms with Gasteiger partial charge in [-0.25, -0.2) is 4.39 Å². The maximum Gasteiger partial charge on any atom is 0.273 e. The standard InChI is InChI=1S/C32H34FN7O2/c1-32(2,42)29-13-10-20(17-34-29)18-35-31(41)28-19-40(39-38-28)14-6-5-7-22-15-25-27(37-36-22)16-24(30(25)21-11-12-21)23-8-3-4-9-26(23)33/h3-4,8-10,13,15,17,19,21,42H,5-7,11-12,14,16,18H2,1-2H3,(H,35,41). The number of carbonyl (C=O) groups is 1. The minimum atomic E-state index is -1.01. The quantitative estimate of drug-likeness (QED) is 0.253. The predicted octanol–water partition coefficient (Wildman–Crippen LogP) is 4.66. The largest absolute Gasteiger partial charge is 0.384 e. The van der Waals surface area contributed by atoms with Gasteiger partial charge in [-0.05, 0) is 86.8 Å². The number of nitrogens with one attached hydrogen (secondary N) is 1. The van der Waals surface area contributed by atoms with Gasteiger partial charge in [0.05, 0.1) is 23.3 Å². The molecule has 6 rings (SSSR count). The zero-order valence-corrected chi connectivity index (χ0v) is 23.8. The molecule has 1 aromatic carbocycles. The molecule has 3 aromatic heterocycles. The molecular weight excluding hydrogens is 533 g/mol. The molecule has 0 bridgehead atoms. The summed E-state index contributed by atoms with van der Waals surface area (Å²) in [4.78, 5) is 16.8. The average molecular weight is 568 g/mol. The number of fused-ring (bicyclic) bond motifs is 1. The number of nitrogens with zero attached hydrogens (tertiary/aromatic N) is 6. The minimum Gasteiger partial charge on any atom is -0.384 e. The fourth-order valence-corrected chi connectivity index (χ4v) is 5.41. The van der Waals surface area contributed by atoms with Crippen LogP contribution in [0.5, 0.6) is 0 Å². The molecule has 10 heteroatoms. The van der Waals surface area contributed by atoms with E-state index in [9.17, 15) is 14.3 Å². The van der Waals surface area contributed by atoms with Crippen molar-refractivity contribution in [2.45, 2.75) is 71.1 Å². The summed E-state index contributed by atoms with van der Waals surface area (Å²) in [6.07, 6.45) is 8.68. The van der Waals surface area contributed by atoms with Crippen LogP contribution >= 0.6 is 0 Å². The minimum absolute atomic E-state index is 0.185. The summed E-state index contributed by atoms with van der Waals surface area (Å²) in [6, 6.07) is 12.7. The molecule has 0 radical (unpaired) electrons. The molecule has 4 aromatic rings. The number of aliphatic hydroxyl groups is 1. The summed E-state index contributed by atoms with van der Waals surface area (Å²) >= 11 is 0. The SMILES string of the molecule is CC(C)(O)c1ccc(CNC(=O)c2cn(CCCCc3cc4c(nn3)CC(c3ccccc3F)=C4C3CC3)nn2)cn1.